The van der Waals surface area contributed by atoms with Crippen molar-refractivity contribution in [2.75, 3.05) is 12.0 Å². The molecule has 0 spiro atoms. The highest BCUT2D eigenvalue weighted by atomic mass is 35.5. The fraction of sp³-hybridized carbons (Fsp3) is 0.600. The number of rotatable bonds is 6. The van der Waals surface area contributed by atoms with Crippen molar-refractivity contribution in [2.24, 2.45) is 0 Å². The van der Waals surface area contributed by atoms with Gasteiger partial charge in [0.2, 0.25) is 0 Å². The SMILES string of the molecule is CC(CCS(C)=O)NCc1cc(Cl)cs1. The Morgan fingerprint density at radius 2 is 2.40 bits per heavy atom. The summed E-state index contributed by atoms with van der Waals surface area (Å²) in [6.45, 7) is 2.96. The van der Waals surface area contributed by atoms with E-state index in [-0.39, 0.29) is 0 Å². The minimum absolute atomic E-state index is 0.398. The predicted octanol–water partition coefficient (Wildman–Crippen LogP) is 2.65. The van der Waals surface area contributed by atoms with Crippen LogP contribution in [0.4, 0.5) is 0 Å². The Balaban J connectivity index is 2.22. The van der Waals surface area contributed by atoms with Gasteiger partial charge in [-0.15, -0.1) is 11.3 Å². The molecule has 0 aliphatic heterocycles. The third-order valence-corrected chi connectivity index (χ3v) is 4.18. The van der Waals surface area contributed by atoms with Crippen LogP contribution in [0.25, 0.3) is 0 Å². The van der Waals surface area contributed by atoms with Crippen LogP contribution < -0.4 is 5.32 Å². The van der Waals surface area contributed by atoms with Crippen molar-refractivity contribution in [2.45, 2.75) is 25.9 Å². The molecule has 0 saturated heterocycles. The lowest BCUT2D eigenvalue weighted by atomic mass is 10.2. The maximum atomic E-state index is 10.9. The van der Waals surface area contributed by atoms with Crippen LogP contribution in [0, 0.1) is 0 Å². The number of hydrogen-bond donors (Lipinski definition) is 1. The first-order valence-electron chi connectivity index (χ1n) is 4.84. The molecule has 5 heteroatoms. The van der Waals surface area contributed by atoms with Crippen molar-refractivity contribution in [3.63, 3.8) is 0 Å². The standard InChI is InChI=1S/C10H16ClNOS2/c1-8(3-4-15(2)13)12-6-10-5-9(11)7-14-10/h5,7-8,12H,3-4,6H2,1-2H3. The van der Waals surface area contributed by atoms with Crippen molar-refractivity contribution in [3.8, 4) is 0 Å². The molecule has 0 radical (unpaired) electrons. The second-order valence-corrected chi connectivity index (χ2v) is 6.57. The van der Waals surface area contributed by atoms with Gasteiger partial charge in [-0.3, -0.25) is 4.21 Å². The van der Waals surface area contributed by atoms with E-state index in [0.717, 1.165) is 23.7 Å². The summed E-state index contributed by atoms with van der Waals surface area (Å²) in [5, 5.41) is 6.12. The van der Waals surface area contributed by atoms with Crippen LogP contribution in [0.15, 0.2) is 11.4 Å². The van der Waals surface area contributed by atoms with Gasteiger partial charge >= 0.3 is 0 Å². The number of halogens is 1. The van der Waals surface area contributed by atoms with Crippen molar-refractivity contribution >= 4 is 33.7 Å². The fourth-order valence-electron chi connectivity index (χ4n) is 1.17. The Bertz CT molecular complexity index is 327. The van der Waals surface area contributed by atoms with E-state index in [4.69, 9.17) is 11.6 Å². The lowest BCUT2D eigenvalue weighted by Gasteiger charge is -2.11. The minimum Gasteiger partial charge on any atom is -0.309 e. The number of nitrogens with one attached hydrogen (secondary N) is 1. The first-order valence-corrected chi connectivity index (χ1v) is 7.82. The zero-order valence-electron chi connectivity index (χ0n) is 8.96. The van der Waals surface area contributed by atoms with Gasteiger partial charge in [0, 0.05) is 45.7 Å². The Kier molecular flexibility index (Phi) is 5.82. The van der Waals surface area contributed by atoms with Crippen LogP contribution in [-0.4, -0.2) is 22.3 Å². The lowest BCUT2D eigenvalue weighted by molar-refractivity contribution is 0.538. The normalized spacial score (nSPS) is 15.1. The molecular weight excluding hydrogens is 250 g/mol. The van der Waals surface area contributed by atoms with Crippen molar-refractivity contribution in [1.29, 1.82) is 0 Å². The summed E-state index contributed by atoms with van der Waals surface area (Å²) in [6, 6.07) is 2.37. The van der Waals surface area contributed by atoms with E-state index in [1.807, 2.05) is 11.4 Å². The minimum atomic E-state index is -0.689. The third-order valence-electron chi connectivity index (χ3n) is 2.08. The Hall–Kier alpha value is 0.1000. The molecule has 1 N–H and O–H groups in total. The molecule has 15 heavy (non-hydrogen) atoms. The zero-order valence-corrected chi connectivity index (χ0v) is 11.3. The van der Waals surface area contributed by atoms with Gasteiger partial charge in [0.15, 0.2) is 0 Å². The average Bonchev–Trinajstić information content (AvgIpc) is 2.58. The Morgan fingerprint density at radius 1 is 1.67 bits per heavy atom. The van der Waals surface area contributed by atoms with Gasteiger partial charge in [0.25, 0.3) is 0 Å². The molecule has 1 heterocycles. The Morgan fingerprint density at radius 3 is 2.93 bits per heavy atom. The molecule has 2 atom stereocenters. The summed E-state index contributed by atoms with van der Waals surface area (Å²) in [5.41, 5.74) is 0. The summed E-state index contributed by atoms with van der Waals surface area (Å²) < 4.78 is 10.9. The first kappa shape index (κ1) is 13.2. The molecule has 86 valence electrons. The second kappa shape index (κ2) is 6.63. The van der Waals surface area contributed by atoms with E-state index in [1.54, 1.807) is 17.6 Å². The Labute approximate surface area is 102 Å². The van der Waals surface area contributed by atoms with Crippen molar-refractivity contribution in [3.05, 3.63) is 21.3 Å². The quantitative estimate of drug-likeness (QED) is 0.857. The molecule has 2 unspecified atom stereocenters. The molecule has 0 saturated carbocycles. The van der Waals surface area contributed by atoms with Gasteiger partial charge in [-0.2, -0.15) is 0 Å². The topological polar surface area (TPSA) is 29.1 Å². The van der Waals surface area contributed by atoms with Gasteiger partial charge < -0.3 is 5.32 Å². The van der Waals surface area contributed by atoms with Crippen LogP contribution >= 0.6 is 22.9 Å². The highest BCUT2D eigenvalue weighted by Gasteiger charge is 2.04. The van der Waals surface area contributed by atoms with Crippen LogP contribution in [0.1, 0.15) is 18.2 Å². The van der Waals surface area contributed by atoms with Gasteiger partial charge in [-0.05, 0) is 19.4 Å². The van der Waals surface area contributed by atoms with Crippen LogP contribution in [0.3, 0.4) is 0 Å². The zero-order chi connectivity index (χ0) is 11.3. The molecule has 0 aromatic carbocycles. The second-order valence-electron chi connectivity index (χ2n) is 3.58. The third kappa shape index (κ3) is 5.66. The maximum Gasteiger partial charge on any atom is 0.0516 e. The largest absolute Gasteiger partial charge is 0.309 e. The maximum absolute atomic E-state index is 10.9. The van der Waals surface area contributed by atoms with E-state index < -0.39 is 10.8 Å². The van der Waals surface area contributed by atoms with E-state index in [2.05, 4.69) is 12.2 Å². The van der Waals surface area contributed by atoms with Gasteiger partial charge in [0.05, 0.1) is 5.02 Å². The summed E-state index contributed by atoms with van der Waals surface area (Å²) >= 11 is 7.48. The summed E-state index contributed by atoms with van der Waals surface area (Å²) in [6.07, 6.45) is 2.69. The van der Waals surface area contributed by atoms with E-state index in [0.29, 0.717) is 6.04 Å². The lowest BCUT2D eigenvalue weighted by Crippen LogP contribution is -2.26. The van der Waals surface area contributed by atoms with Crippen molar-refractivity contribution in [1.82, 2.24) is 5.32 Å². The van der Waals surface area contributed by atoms with Crippen LogP contribution in [0.2, 0.25) is 5.02 Å². The average molecular weight is 266 g/mol. The van der Waals surface area contributed by atoms with Crippen LogP contribution in [-0.2, 0) is 17.3 Å². The molecule has 0 bridgehead atoms. The number of thiophene rings is 1. The molecule has 0 amide bonds. The van der Waals surface area contributed by atoms with Gasteiger partial charge in [0.1, 0.15) is 0 Å². The summed E-state index contributed by atoms with van der Waals surface area (Å²) in [7, 11) is -0.689. The molecular formula is C10H16ClNOS2. The molecule has 0 fully saturated rings. The predicted molar refractivity (Wildman–Crippen MR) is 69.2 cm³/mol. The van der Waals surface area contributed by atoms with E-state index >= 15 is 0 Å². The fourth-order valence-corrected chi connectivity index (χ4v) is 2.88. The summed E-state index contributed by atoms with van der Waals surface area (Å²) in [5.74, 6) is 0.763. The number of hydrogen-bond acceptors (Lipinski definition) is 3. The van der Waals surface area contributed by atoms with Crippen molar-refractivity contribution < 1.29 is 4.21 Å². The highest BCUT2D eigenvalue weighted by Crippen LogP contribution is 2.18. The van der Waals surface area contributed by atoms with E-state index in [9.17, 15) is 4.21 Å². The molecule has 0 aliphatic carbocycles. The molecule has 1 aromatic heterocycles. The molecule has 2 nitrogen and oxygen atoms in total. The monoisotopic (exact) mass is 265 g/mol. The molecule has 1 aromatic rings. The summed E-state index contributed by atoms with van der Waals surface area (Å²) in [4.78, 5) is 1.24. The van der Waals surface area contributed by atoms with Gasteiger partial charge in [-0.1, -0.05) is 11.6 Å². The smallest absolute Gasteiger partial charge is 0.0516 e. The molecule has 0 aliphatic rings. The first-order chi connectivity index (χ1) is 7.08. The highest BCUT2D eigenvalue weighted by molar-refractivity contribution is 7.84. The molecule has 1 rings (SSSR count). The van der Waals surface area contributed by atoms with E-state index in [1.165, 1.54) is 4.88 Å². The van der Waals surface area contributed by atoms with Gasteiger partial charge in [-0.25, -0.2) is 0 Å². The van der Waals surface area contributed by atoms with Crippen LogP contribution in [0.5, 0.6) is 0 Å².